The summed E-state index contributed by atoms with van der Waals surface area (Å²) >= 11 is 0. The molecule has 0 aliphatic heterocycles. The Balaban J connectivity index is 2.52. The monoisotopic (exact) mass is 268 g/mol. The Labute approximate surface area is 118 Å². The molecule has 0 aromatic rings. The van der Waals surface area contributed by atoms with Gasteiger partial charge < -0.3 is 10.2 Å². The average Bonchev–Trinajstić information content (AvgIpc) is 2.53. The largest absolute Gasteiger partial charge is 0.390 e. The summed E-state index contributed by atoms with van der Waals surface area (Å²) in [5.41, 5.74) is -0.725. The predicted molar refractivity (Wildman–Crippen MR) is 78.8 cm³/mol. The summed E-state index contributed by atoms with van der Waals surface area (Å²) < 4.78 is 0. The van der Waals surface area contributed by atoms with E-state index in [0.717, 1.165) is 12.8 Å². The molecule has 2 aliphatic rings. The first-order valence-corrected chi connectivity index (χ1v) is 7.98. The van der Waals surface area contributed by atoms with Crippen LogP contribution in [0.25, 0.3) is 0 Å². The van der Waals surface area contributed by atoms with Crippen molar-refractivity contribution in [2.75, 3.05) is 0 Å². The second-order valence-electron chi connectivity index (χ2n) is 8.26. The van der Waals surface area contributed by atoms with Gasteiger partial charge >= 0.3 is 0 Å². The molecule has 2 rings (SSSR count). The van der Waals surface area contributed by atoms with Crippen molar-refractivity contribution in [1.29, 1.82) is 0 Å². The summed E-state index contributed by atoms with van der Waals surface area (Å²) in [6.07, 6.45) is 3.57. The van der Waals surface area contributed by atoms with Gasteiger partial charge in [0.25, 0.3) is 0 Å². The van der Waals surface area contributed by atoms with Crippen LogP contribution in [0.3, 0.4) is 0 Å². The van der Waals surface area contributed by atoms with Crippen molar-refractivity contribution in [2.45, 2.75) is 78.9 Å². The molecule has 2 N–H and O–H groups in total. The molecule has 2 fully saturated rings. The smallest absolute Gasteiger partial charge is 0.0910 e. The fourth-order valence-corrected chi connectivity index (χ4v) is 5.78. The van der Waals surface area contributed by atoms with Gasteiger partial charge in [0.1, 0.15) is 0 Å². The third-order valence-electron chi connectivity index (χ3n) is 7.03. The maximum atomic E-state index is 10.9. The average molecular weight is 268 g/mol. The molecular weight excluding hydrogens is 236 g/mol. The molecule has 2 heteroatoms. The van der Waals surface area contributed by atoms with E-state index in [-0.39, 0.29) is 16.7 Å². The third kappa shape index (κ3) is 1.98. The first-order valence-electron chi connectivity index (χ1n) is 7.98. The van der Waals surface area contributed by atoms with Gasteiger partial charge in [0, 0.05) is 0 Å². The molecular formula is C17H32O2. The van der Waals surface area contributed by atoms with Gasteiger partial charge in [-0.1, -0.05) is 34.6 Å². The number of hydrogen-bond acceptors (Lipinski definition) is 2. The van der Waals surface area contributed by atoms with Crippen LogP contribution in [-0.4, -0.2) is 21.9 Å². The van der Waals surface area contributed by atoms with Gasteiger partial charge in [-0.3, -0.25) is 0 Å². The lowest BCUT2D eigenvalue weighted by Gasteiger charge is -2.47. The van der Waals surface area contributed by atoms with Crippen LogP contribution in [0.5, 0.6) is 0 Å². The van der Waals surface area contributed by atoms with E-state index in [2.05, 4.69) is 34.6 Å². The molecule has 0 saturated heterocycles. The molecule has 0 heterocycles. The lowest BCUT2D eigenvalue weighted by molar-refractivity contribution is -0.129. The highest BCUT2D eigenvalue weighted by molar-refractivity contribution is 5.10. The van der Waals surface area contributed by atoms with Crippen LogP contribution < -0.4 is 0 Å². The lowest BCUT2D eigenvalue weighted by atomic mass is 9.58. The Hall–Kier alpha value is -0.0800. The number of fused-ring (bicyclic) bond motifs is 1. The minimum Gasteiger partial charge on any atom is -0.390 e. The van der Waals surface area contributed by atoms with Gasteiger partial charge in [-0.05, 0) is 61.2 Å². The van der Waals surface area contributed by atoms with Gasteiger partial charge in [-0.15, -0.1) is 0 Å². The predicted octanol–water partition coefficient (Wildman–Crippen LogP) is 3.61. The van der Waals surface area contributed by atoms with Crippen molar-refractivity contribution in [3.63, 3.8) is 0 Å². The first-order chi connectivity index (χ1) is 8.58. The van der Waals surface area contributed by atoms with E-state index in [1.54, 1.807) is 0 Å². The zero-order valence-electron chi connectivity index (χ0n) is 13.5. The van der Waals surface area contributed by atoms with Crippen molar-refractivity contribution in [2.24, 2.45) is 28.6 Å². The zero-order chi connectivity index (χ0) is 14.6. The second-order valence-corrected chi connectivity index (χ2v) is 8.26. The van der Waals surface area contributed by atoms with Crippen LogP contribution >= 0.6 is 0 Å². The second kappa shape index (κ2) is 4.46. The van der Waals surface area contributed by atoms with Crippen LogP contribution in [-0.2, 0) is 0 Å². The van der Waals surface area contributed by atoms with Crippen molar-refractivity contribution in [3.05, 3.63) is 0 Å². The number of rotatable bonds is 1. The van der Waals surface area contributed by atoms with Crippen LogP contribution in [0.2, 0.25) is 0 Å². The fourth-order valence-electron chi connectivity index (χ4n) is 5.78. The molecule has 1 unspecified atom stereocenters. The molecule has 19 heavy (non-hydrogen) atoms. The van der Waals surface area contributed by atoms with Crippen LogP contribution in [0, 0.1) is 28.6 Å². The molecule has 0 spiro atoms. The van der Waals surface area contributed by atoms with E-state index in [1.165, 1.54) is 12.8 Å². The summed E-state index contributed by atoms with van der Waals surface area (Å²) in [5.74, 6) is 1.40. The van der Waals surface area contributed by atoms with Gasteiger partial charge in [0.05, 0.1) is 11.7 Å². The van der Waals surface area contributed by atoms with Gasteiger partial charge in [-0.2, -0.15) is 0 Å². The van der Waals surface area contributed by atoms with E-state index in [4.69, 9.17) is 0 Å². The Morgan fingerprint density at radius 2 is 1.68 bits per heavy atom. The van der Waals surface area contributed by atoms with E-state index in [1.807, 2.05) is 6.92 Å². The highest BCUT2D eigenvalue weighted by Gasteiger charge is 2.60. The maximum Gasteiger partial charge on any atom is 0.0910 e. The molecule has 0 bridgehead atoms. The Morgan fingerprint density at radius 1 is 1.11 bits per heavy atom. The summed E-state index contributed by atoms with van der Waals surface area (Å²) in [7, 11) is 0. The molecule has 0 aromatic heterocycles. The van der Waals surface area contributed by atoms with Gasteiger partial charge in [0.15, 0.2) is 0 Å². The highest BCUT2D eigenvalue weighted by atomic mass is 16.3. The minimum atomic E-state index is -0.967. The van der Waals surface area contributed by atoms with Gasteiger partial charge in [0.2, 0.25) is 0 Å². The van der Waals surface area contributed by atoms with Crippen molar-refractivity contribution in [1.82, 2.24) is 0 Å². The quantitative estimate of drug-likeness (QED) is 0.762. The van der Waals surface area contributed by atoms with Crippen LogP contribution in [0.4, 0.5) is 0 Å². The number of aliphatic hydroxyl groups excluding tert-OH is 1. The standard InChI is InChI=1S/C17H32O2/c1-7-12-15(3,4)13-9-8-11(2)16(13,5)10-14(18)17(12,6)19/h11-14,18-19H,7-10H2,1-6H3/t11-,12-,13?,14+,16-,17-/m1/s1. The summed E-state index contributed by atoms with van der Waals surface area (Å²) in [6, 6.07) is 0. The van der Waals surface area contributed by atoms with Crippen LogP contribution in [0.15, 0.2) is 0 Å². The molecule has 6 atom stereocenters. The Bertz CT molecular complexity index is 347. The molecule has 112 valence electrons. The van der Waals surface area contributed by atoms with E-state index in [9.17, 15) is 10.2 Å². The van der Waals surface area contributed by atoms with Crippen LogP contribution in [0.1, 0.15) is 67.2 Å². The highest BCUT2D eigenvalue weighted by Crippen LogP contribution is 2.63. The summed E-state index contributed by atoms with van der Waals surface area (Å²) in [5, 5.41) is 21.6. The minimum absolute atomic E-state index is 0.0786. The fraction of sp³-hybridized carbons (Fsp3) is 1.00. The molecule has 2 saturated carbocycles. The van der Waals surface area contributed by atoms with E-state index in [0.29, 0.717) is 11.8 Å². The Kier molecular flexibility index (Phi) is 3.59. The Morgan fingerprint density at radius 3 is 2.21 bits per heavy atom. The number of hydrogen-bond donors (Lipinski definition) is 2. The lowest BCUT2D eigenvalue weighted by Crippen LogP contribution is -2.50. The summed E-state index contributed by atoms with van der Waals surface area (Å²) in [4.78, 5) is 0. The van der Waals surface area contributed by atoms with Crippen molar-refractivity contribution < 1.29 is 10.2 Å². The molecule has 2 nitrogen and oxygen atoms in total. The third-order valence-corrected chi connectivity index (χ3v) is 7.03. The molecule has 0 radical (unpaired) electrons. The van der Waals surface area contributed by atoms with E-state index >= 15 is 0 Å². The molecule has 0 aromatic carbocycles. The van der Waals surface area contributed by atoms with Crippen molar-refractivity contribution >= 4 is 0 Å². The molecule has 2 aliphatic carbocycles. The maximum absolute atomic E-state index is 10.9. The molecule has 0 amide bonds. The number of aliphatic hydroxyl groups is 2. The SMILES string of the molecule is CC[C@@H]1C(C)(C)C2CC[C@@H](C)[C@@]2(C)C[C@H](O)[C@]1(C)O. The summed E-state index contributed by atoms with van der Waals surface area (Å²) in [6.45, 7) is 13.3. The van der Waals surface area contributed by atoms with Crippen molar-refractivity contribution in [3.8, 4) is 0 Å². The zero-order valence-corrected chi connectivity index (χ0v) is 13.5. The topological polar surface area (TPSA) is 40.5 Å². The van der Waals surface area contributed by atoms with Gasteiger partial charge in [-0.25, -0.2) is 0 Å². The first kappa shape index (κ1) is 15.3. The normalized spacial score (nSPS) is 53.7. The van der Waals surface area contributed by atoms with E-state index < -0.39 is 11.7 Å².